The average Bonchev–Trinajstić information content (AvgIpc) is 2.62. The summed E-state index contributed by atoms with van der Waals surface area (Å²) in [6.07, 6.45) is -1.60. The van der Waals surface area contributed by atoms with E-state index in [-0.39, 0.29) is 19.6 Å². The lowest BCUT2D eigenvalue weighted by atomic mass is 10.2. The van der Waals surface area contributed by atoms with Crippen molar-refractivity contribution in [3.05, 3.63) is 35.9 Å². The van der Waals surface area contributed by atoms with Crippen molar-refractivity contribution in [3.63, 3.8) is 0 Å². The van der Waals surface area contributed by atoms with Crippen LogP contribution in [-0.2, 0) is 20.9 Å². The number of imide groups is 1. The van der Waals surface area contributed by atoms with Crippen molar-refractivity contribution in [1.82, 2.24) is 4.90 Å². The van der Waals surface area contributed by atoms with Gasteiger partial charge in [-0.2, -0.15) is 0 Å². The Morgan fingerprint density at radius 3 is 2.34 bits per heavy atom. The molecule has 0 saturated heterocycles. The third-order valence-corrected chi connectivity index (χ3v) is 3.46. The van der Waals surface area contributed by atoms with E-state index >= 15 is 0 Å². The SMILES string of the molecule is CC(C)(C)OC(=O)N(C(=O)OCc1ccccc1)C(N)=NCCC[C@H](N)C(=O)O. The van der Waals surface area contributed by atoms with Crippen molar-refractivity contribution < 1.29 is 29.0 Å². The summed E-state index contributed by atoms with van der Waals surface area (Å²) < 4.78 is 10.3. The molecule has 1 aromatic carbocycles. The molecule has 29 heavy (non-hydrogen) atoms. The zero-order chi connectivity index (χ0) is 22.0. The molecule has 1 atom stereocenters. The van der Waals surface area contributed by atoms with Gasteiger partial charge in [-0.15, -0.1) is 4.90 Å². The molecule has 1 rings (SSSR count). The zero-order valence-corrected chi connectivity index (χ0v) is 16.8. The summed E-state index contributed by atoms with van der Waals surface area (Å²) in [4.78, 5) is 40.1. The van der Waals surface area contributed by atoms with Crippen molar-refractivity contribution in [2.24, 2.45) is 16.5 Å². The molecule has 10 heteroatoms. The van der Waals surface area contributed by atoms with Crippen LogP contribution >= 0.6 is 0 Å². The molecule has 0 spiro atoms. The van der Waals surface area contributed by atoms with Crippen molar-refractivity contribution >= 4 is 24.1 Å². The number of nitrogens with zero attached hydrogens (tertiary/aromatic N) is 2. The second-order valence-electron chi connectivity index (χ2n) is 7.18. The van der Waals surface area contributed by atoms with E-state index in [0.29, 0.717) is 11.3 Å². The third-order valence-electron chi connectivity index (χ3n) is 3.46. The number of benzene rings is 1. The molecule has 5 N–H and O–H groups in total. The highest BCUT2D eigenvalue weighted by atomic mass is 16.6. The van der Waals surface area contributed by atoms with Crippen molar-refractivity contribution in [3.8, 4) is 0 Å². The van der Waals surface area contributed by atoms with E-state index in [1.807, 2.05) is 6.07 Å². The Balaban J connectivity index is 2.83. The molecule has 0 bridgehead atoms. The number of hydrogen-bond acceptors (Lipinski definition) is 7. The Bertz CT molecular complexity index is 730. The lowest BCUT2D eigenvalue weighted by Gasteiger charge is -2.25. The highest BCUT2D eigenvalue weighted by Gasteiger charge is 2.31. The number of nitrogens with two attached hydrogens (primary N) is 2. The first kappa shape index (κ1) is 23.9. The summed E-state index contributed by atoms with van der Waals surface area (Å²) >= 11 is 0. The molecule has 0 saturated carbocycles. The summed E-state index contributed by atoms with van der Waals surface area (Å²) in [5.41, 5.74) is 11.1. The number of carbonyl (C=O) groups excluding carboxylic acids is 2. The van der Waals surface area contributed by atoms with E-state index in [4.69, 9.17) is 26.0 Å². The fourth-order valence-electron chi connectivity index (χ4n) is 2.05. The standard InChI is InChI=1S/C19H28N4O6/c1-19(2,3)29-18(27)23(16(21)22-11-7-10-14(20)15(24)25)17(26)28-12-13-8-5-4-6-9-13/h4-6,8-9,14H,7,10-12,20H2,1-3H3,(H2,21,22)(H,24,25)/t14-/m0/s1. The fourth-order valence-corrected chi connectivity index (χ4v) is 2.05. The maximum absolute atomic E-state index is 12.5. The van der Waals surface area contributed by atoms with E-state index in [0.717, 1.165) is 5.56 Å². The zero-order valence-electron chi connectivity index (χ0n) is 16.8. The molecule has 160 valence electrons. The summed E-state index contributed by atoms with van der Waals surface area (Å²) in [7, 11) is 0. The first-order valence-electron chi connectivity index (χ1n) is 9.03. The minimum absolute atomic E-state index is 0.0675. The second-order valence-corrected chi connectivity index (χ2v) is 7.18. The summed E-state index contributed by atoms with van der Waals surface area (Å²) in [5, 5.41) is 8.77. The van der Waals surface area contributed by atoms with Gasteiger partial charge in [0.1, 0.15) is 18.2 Å². The van der Waals surface area contributed by atoms with Crippen LogP contribution in [0.5, 0.6) is 0 Å². The maximum Gasteiger partial charge on any atom is 0.427 e. The molecular formula is C19H28N4O6. The van der Waals surface area contributed by atoms with Gasteiger partial charge in [0.05, 0.1) is 0 Å². The number of carboxylic acid groups (broad SMARTS) is 1. The van der Waals surface area contributed by atoms with E-state index < -0.39 is 35.8 Å². The minimum atomic E-state index is -1.12. The number of aliphatic imine (C=N–C) groups is 1. The molecule has 1 aromatic rings. The van der Waals surface area contributed by atoms with Gasteiger partial charge in [0, 0.05) is 6.54 Å². The molecule has 0 heterocycles. The van der Waals surface area contributed by atoms with Crippen LogP contribution in [0.1, 0.15) is 39.2 Å². The van der Waals surface area contributed by atoms with E-state index in [9.17, 15) is 14.4 Å². The number of aliphatic carboxylic acids is 1. The number of hydrogen-bond donors (Lipinski definition) is 3. The number of amides is 2. The summed E-state index contributed by atoms with van der Waals surface area (Å²) in [6.45, 7) is 4.91. The van der Waals surface area contributed by atoms with E-state index in [1.165, 1.54) is 0 Å². The highest BCUT2D eigenvalue weighted by Crippen LogP contribution is 2.12. The van der Waals surface area contributed by atoms with Gasteiger partial charge in [0.15, 0.2) is 0 Å². The molecular weight excluding hydrogens is 380 g/mol. The highest BCUT2D eigenvalue weighted by molar-refractivity contribution is 6.07. The topological polar surface area (TPSA) is 158 Å². The van der Waals surface area contributed by atoms with Gasteiger partial charge in [-0.25, -0.2) is 9.59 Å². The van der Waals surface area contributed by atoms with Crippen LogP contribution in [0.25, 0.3) is 0 Å². The van der Waals surface area contributed by atoms with Gasteiger partial charge in [0.2, 0.25) is 5.96 Å². The quantitative estimate of drug-likeness (QED) is 0.351. The van der Waals surface area contributed by atoms with E-state index in [2.05, 4.69) is 4.99 Å². The van der Waals surface area contributed by atoms with Gasteiger partial charge in [0.25, 0.3) is 0 Å². The fraction of sp³-hybridized carbons (Fsp3) is 0.474. The van der Waals surface area contributed by atoms with E-state index in [1.54, 1.807) is 45.0 Å². The van der Waals surface area contributed by atoms with Crippen molar-refractivity contribution in [1.29, 1.82) is 0 Å². The van der Waals surface area contributed by atoms with Crippen LogP contribution in [0.2, 0.25) is 0 Å². The van der Waals surface area contributed by atoms with Crippen LogP contribution in [0.3, 0.4) is 0 Å². The summed E-state index contributed by atoms with van der Waals surface area (Å²) in [5.74, 6) is -1.54. The van der Waals surface area contributed by atoms with Gasteiger partial charge in [-0.1, -0.05) is 30.3 Å². The Kier molecular flexibility index (Phi) is 9.07. The molecule has 0 aliphatic rings. The molecule has 0 aliphatic heterocycles. The van der Waals surface area contributed by atoms with Gasteiger partial charge in [-0.05, 0) is 39.2 Å². The predicted molar refractivity (Wildman–Crippen MR) is 106 cm³/mol. The Labute approximate surface area is 169 Å². The number of guanidine groups is 1. The Hall–Kier alpha value is -3.14. The lowest BCUT2D eigenvalue weighted by Crippen LogP contribution is -2.48. The van der Waals surface area contributed by atoms with Crippen molar-refractivity contribution in [2.75, 3.05) is 6.54 Å². The molecule has 0 radical (unpaired) electrons. The van der Waals surface area contributed by atoms with Crippen molar-refractivity contribution in [2.45, 2.75) is 51.9 Å². The van der Waals surface area contributed by atoms with Crippen LogP contribution < -0.4 is 11.5 Å². The number of rotatable bonds is 7. The number of carbonyl (C=O) groups is 3. The van der Waals surface area contributed by atoms with Gasteiger partial charge < -0.3 is 26.0 Å². The molecule has 0 unspecified atom stereocenters. The Morgan fingerprint density at radius 2 is 1.79 bits per heavy atom. The Morgan fingerprint density at radius 1 is 1.17 bits per heavy atom. The summed E-state index contributed by atoms with van der Waals surface area (Å²) in [6, 6.07) is 7.88. The normalized spacial score (nSPS) is 12.8. The maximum atomic E-state index is 12.5. The monoisotopic (exact) mass is 408 g/mol. The molecule has 0 aliphatic carbocycles. The number of ether oxygens (including phenoxy) is 2. The lowest BCUT2D eigenvalue weighted by molar-refractivity contribution is -0.138. The largest absolute Gasteiger partial charge is 0.480 e. The minimum Gasteiger partial charge on any atom is -0.480 e. The smallest absolute Gasteiger partial charge is 0.427 e. The first-order chi connectivity index (χ1) is 13.5. The second kappa shape index (κ2) is 11.0. The number of carboxylic acids is 1. The van der Waals surface area contributed by atoms with Crippen LogP contribution in [0, 0.1) is 0 Å². The molecule has 2 amide bonds. The third kappa shape index (κ3) is 9.06. The van der Waals surface area contributed by atoms with Crippen LogP contribution in [0.4, 0.5) is 9.59 Å². The van der Waals surface area contributed by atoms with Gasteiger partial charge >= 0.3 is 18.2 Å². The average molecular weight is 408 g/mol. The first-order valence-corrected chi connectivity index (χ1v) is 9.03. The molecule has 0 aromatic heterocycles. The van der Waals surface area contributed by atoms with Crippen LogP contribution in [-0.4, -0.2) is 52.3 Å². The van der Waals surface area contributed by atoms with Crippen LogP contribution in [0.15, 0.2) is 35.3 Å². The molecule has 0 fully saturated rings. The molecule has 10 nitrogen and oxygen atoms in total. The van der Waals surface area contributed by atoms with Gasteiger partial charge in [-0.3, -0.25) is 9.79 Å². The predicted octanol–water partition coefficient (Wildman–Crippen LogP) is 2.07.